The molecule has 0 spiro atoms. The van der Waals surface area contributed by atoms with Crippen molar-refractivity contribution >= 4 is 35.0 Å². The Morgan fingerprint density at radius 1 is 1.10 bits per heavy atom. The minimum atomic E-state index is -0.500. The third-order valence-corrected chi connectivity index (χ3v) is 4.27. The average Bonchev–Trinajstić information content (AvgIpc) is 3.04. The highest BCUT2D eigenvalue weighted by Crippen LogP contribution is 2.19. The Hall–Kier alpha value is -4.27. The van der Waals surface area contributed by atoms with Gasteiger partial charge in [0, 0.05) is 29.5 Å². The van der Waals surface area contributed by atoms with Gasteiger partial charge in [0.2, 0.25) is 5.91 Å². The number of hydrogen-bond donors (Lipinski definition) is 3. The molecule has 0 saturated heterocycles. The standard InChI is InChI=1S/C21H19N5O4/c1-13-20(14(2)25-24-13)23-21(28)16-6-4-7-17(12-16)22-19(27)10-9-15-5-3-8-18(11-15)26(29)30/h3-12H,1-2H3,(H,22,27)(H,23,28)(H,24,25)/b10-9+. The molecule has 2 aromatic carbocycles. The predicted octanol–water partition coefficient (Wildman–Crippen LogP) is 3.84. The summed E-state index contributed by atoms with van der Waals surface area (Å²) in [5, 5.41) is 23.1. The molecule has 0 aliphatic rings. The molecule has 0 atom stereocenters. The van der Waals surface area contributed by atoms with Gasteiger partial charge in [-0.05, 0) is 43.7 Å². The van der Waals surface area contributed by atoms with E-state index in [0.29, 0.717) is 28.2 Å². The van der Waals surface area contributed by atoms with Crippen molar-refractivity contribution in [3.63, 3.8) is 0 Å². The first-order valence-corrected chi connectivity index (χ1v) is 9.00. The summed E-state index contributed by atoms with van der Waals surface area (Å²) < 4.78 is 0. The van der Waals surface area contributed by atoms with Crippen molar-refractivity contribution in [2.45, 2.75) is 13.8 Å². The molecule has 9 nitrogen and oxygen atoms in total. The van der Waals surface area contributed by atoms with E-state index in [2.05, 4.69) is 20.8 Å². The van der Waals surface area contributed by atoms with Gasteiger partial charge in [-0.3, -0.25) is 24.8 Å². The highest BCUT2D eigenvalue weighted by Gasteiger charge is 2.12. The van der Waals surface area contributed by atoms with Gasteiger partial charge in [0.25, 0.3) is 11.6 Å². The number of aromatic nitrogens is 2. The molecular formula is C21H19N5O4. The number of nitro groups is 1. The van der Waals surface area contributed by atoms with Crippen LogP contribution in [-0.2, 0) is 4.79 Å². The van der Waals surface area contributed by atoms with Gasteiger partial charge in [-0.15, -0.1) is 0 Å². The number of carbonyl (C=O) groups excluding carboxylic acids is 2. The second-order valence-corrected chi connectivity index (χ2v) is 6.52. The molecule has 0 radical (unpaired) electrons. The van der Waals surface area contributed by atoms with Crippen LogP contribution >= 0.6 is 0 Å². The van der Waals surface area contributed by atoms with Gasteiger partial charge in [0.05, 0.1) is 22.0 Å². The maximum Gasteiger partial charge on any atom is 0.270 e. The van der Waals surface area contributed by atoms with E-state index in [4.69, 9.17) is 0 Å². The van der Waals surface area contributed by atoms with E-state index in [1.807, 2.05) is 0 Å². The Balaban J connectivity index is 1.67. The van der Waals surface area contributed by atoms with E-state index < -0.39 is 10.8 Å². The zero-order chi connectivity index (χ0) is 21.7. The fraction of sp³-hybridized carbons (Fsp3) is 0.0952. The number of H-pyrrole nitrogens is 1. The number of aromatic amines is 1. The molecule has 0 bridgehead atoms. The monoisotopic (exact) mass is 405 g/mol. The normalized spacial score (nSPS) is 10.7. The fourth-order valence-corrected chi connectivity index (χ4v) is 2.76. The van der Waals surface area contributed by atoms with Gasteiger partial charge in [0.15, 0.2) is 0 Å². The maximum atomic E-state index is 12.5. The van der Waals surface area contributed by atoms with Gasteiger partial charge in [-0.1, -0.05) is 18.2 Å². The molecule has 0 aliphatic carbocycles. The highest BCUT2D eigenvalue weighted by atomic mass is 16.6. The molecule has 3 rings (SSSR count). The first-order chi connectivity index (χ1) is 14.3. The average molecular weight is 405 g/mol. The molecule has 1 heterocycles. The lowest BCUT2D eigenvalue weighted by Gasteiger charge is -2.07. The summed E-state index contributed by atoms with van der Waals surface area (Å²) in [6.45, 7) is 3.59. The van der Waals surface area contributed by atoms with Crippen molar-refractivity contribution in [1.29, 1.82) is 0 Å². The number of nitrogens with zero attached hydrogens (tertiary/aromatic N) is 2. The van der Waals surface area contributed by atoms with E-state index in [1.54, 1.807) is 50.2 Å². The Kier molecular flexibility index (Phi) is 6.02. The summed E-state index contributed by atoms with van der Waals surface area (Å²) >= 11 is 0. The highest BCUT2D eigenvalue weighted by molar-refractivity contribution is 6.07. The van der Waals surface area contributed by atoms with Gasteiger partial charge in [0.1, 0.15) is 0 Å². The largest absolute Gasteiger partial charge is 0.322 e. The van der Waals surface area contributed by atoms with Crippen molar-refractivity contribution in [2.75, 3.05) is 10.6 Å². The molecule has 2 amide bonds. The minimum Gasteiger partial charge on any atom is -0.322 e. The second kappa shape index (κ2) is 8.82. The van der Waals surface area contributed by atoms with Crippen LogP contribution in [0.5, 0.6) is 0 Å². The van der Waals surface area contributed by atoms with Crippen LogP contribution < -0.4 is 10.6 Å². The number of anilines is 2. The molecular weight excluding hydrogens is 386 g/mol. The summed E-state index contributed by atoms with van der Waals surface area (Å²) in [6, 6.07) is 12.4. The first kappa shape index (κ1) is 20.5. The molecule has 152 valence electrons. The van der Waals surface area contributed by atoms with Crippen LogP contribution in [0, 0.1) is 24.0 Å². The zero-order valence-corrected chi connectivity index (χ0v) is 16.3. The number of benzene rings is 2. The number of aryl methyl sites for hydroxylation is 2. The number of amides is 2. The topological polar surface area (TPSA) is 130 Å². The number of nitro benzene ring substituents is 1. The number of nitrogens with one attached hydrogen (secondary N) is 3. The molecule has 0 aliphatic heterocycles. The molecule has 3 N–H and O–H groups in total. The lowest BCUT2D eigenvalue weighted by atomic mass is 10.1. The van der Waals surface area contributed by atoms with Crippen LogP contribution in [0.2, 0.25) is 0 Å². The van der Waals surface area contributed by atoms with Gasteiger partial charge in [-0.2, -0.15) is 5.10 Å². The van der Waals surface area contributed by atoms with Crippen molar-refractivity contribution in [3.8, 4) is 0 Å². The van der Waals surface area contributed by atoms with E-state index in [9.17, 15) is 19.7 Å². The lowest BCUT2D eigenvalue weighted by molar-refractivity contribution is -0.384. The van der Waals surface area contributed by atoms with Crippen LogP contribution in [0.3, 0.4) is 0 Å². The first-order valence-electron chi connectivity index (χ1n) is 9.00. The van der Waals surface area contributed by atoms with E-state index in [1.165, 1.54) is 24.3 Å². The third kappa shape index (κ3) is 4.96. The van der Waals surface area contributed by atoms with Gasteiger partial charge >= 0.3 is 0 Å². The van der Waals surface area contributed by atoms with Crippen molar-refractivity contribution in [3.05, 3.63) is 87.2 Å². The Morgan fingerprint density at radius 2 is 1.87 bits per heavy atom. The SMILES string of the molecule is Cc1n[nH]c(C)c1NC(=O)c1cccc(NC(=O)/C=C/c2cccc([N+](=O)[O-])c2)c1. The molecule has 3 aromatic rings. The van der Waals surface area contributed by atoms with Gasteiger partial charge < -0.3 is 10.6 Å². The minimum absolute atomic E-state index is 0.0561. The summed E-state index contributed by atoms with van der Waals surface area (Å²) in [7, 11) is 0. The molecule has 30 heavy (non-hydrogen) atoms. The molecule has 0 unspecified atom stereocenters. The molecule has 9 heteroatoms. The summed E-state index contributed by atoms with van der Waals surface area (Å²) in [5.74, 6) is -0.758. The van der Waals surface area contributed by atoms with Crippen LogP contribution in [0.15, 0.2) is 54.6 Å². The van der Waals surface area contributed by atoms with Crippen molar-refractivity contribution in [2.24, 2.45) is 0 Å². The predicted molar refractivity (Wildman–Crippen MR) is 113 cm³/mol. The number of non-ortho nitro benzene ring substituents is 1. The molecule has 0 fully saturated rings. The number of carbonyl (C=O) groups is 2. The van der Waals surface area contributed by atoms with Gasteiger partial charge in [-0.25, -0.2) is 0 Å². The van der Waals surface area contributed by atoms with Crippen LogP contribution in [0.1, 0.15) is 27.3 Å². The van der Waals surface area contributed by atoms with Crippen LogP contribution in [0.25, 0.3) is 6.08 Å². The quantitative estimate of drug-likeness (QED) is 0.326. The van der Waals surface area contributed by atoms with Crippen molar-refractivity contribution < 1.29 is 14.5 Å². The van der Waals surface area contributed by atoms with E-state index in [0.717, 1.165) is 5.69 Å². The Labute approximate surface area is 172 Å². The Bertz CT molecular complexity index is 1130. The summed E-state index contributed by atoms with van der Waals surface area (Å²) in [4.78, 5) is 35.0. The fourth-order valence-electron chi connectivity index (χ4n) is 2.76. The number of hydrogen-bond acceptors (Lipinski definition) is 5. The summed E-state index contributed by atoms with van der Waals surface area (Å²) in [6.07, 6.45) is 2.74. The van der Waals surface area contributed by atoms with E-state index in [-0.39, 0.29) is 11.6 Å². The van der Waals surface area contributed by atoms with E-state index >= 15 is 0 Å². The number of rotatable bonds is 6. The summed E-state index contributed by atoms with van der Waals surface area (Å²) in [5.41, 5.74) is 3.33. The maximum absolute atomic E-state index is 12.5. The third-order valence-electron chi connectivity index (χ3n) is 4.27. The second-order valence-electron chi connectivity index (χ2n) is 6.52. The zero-order valence-electron chi connectivity index (χ0n) is 16.3. The van der Waals surface area contributed by atoms with Crippen LogP contribution in [0.4, 0.5) is 17.1 Å². The Morgan fingerprint density at radius 3 is 2.57 bits per heavy atom. The smallest absolute Gasteiger partial charge is 0.270 e. The van der Waals surface area contributed by atoms with Crippen molar-refractivity contribution in [1.82, 2.24) is 10.2 Å². The molecule has 0 saturated carbocycles. The lowest BCUT2D eigenvalue weighted by Crippen LogP contribution is -2.14. The molecule has 1 aromatic heterocycles. The van der Waals surface area contributed by atoms with Crippen LogP contribution in [-0.4, -0.2) is 26.9 Å².